The monoisotopic (exact) mass is 351 g/mol. The molecule has 128 valence electrons. The molecule has 0 fully saturated rings. The number of carbonyl (C=O) groups excluding carboxylic acids is 3. The number of hydrogen-bond donors (Lipinski definition) is 3. The van der Waals surface area contributed by atoms with Gasteiger partial charge in [-0.3, -0.25) is 14.4 Å². The maximum absolute atomic E-state index is 12.2. The first kappa shape index (κ1) is 18.0. The number of amides is 1. The summed E-state index contributed by atoms with van der Waals surface area (Å²) in [7, 11) is 0. The molecular weight excluding hydrogens is 334 g/mol. The first-order valence-electron chi connectivity index (χ1n) is 7.54. The maximum atomic E-state index is 12.2. The Kier molecular flexibility index (Phi) is 5.62. The largest absolute Gasteiger partial charge is 0.511 e. The lowest BCUT2D eigenvalue weighted by Gasteiger charge is -2.23. The Hall–Kier alpha value is -2.34. The average Bonchev–Trinajstić information content (AvgIpc) is 2.55. The minimum absolute atomic E-state index is 0.0821. The molecule has 0 aliphatic heterocycles. The molecule has 24 heavy (non-hydrogen) atoms. The topological polar surface area (TPSA) is 104 Å². The highest BCUT2D eigenvalue weighted by molar-refractivity contribution is 6.29. The van der Waals surface area contributed by atoms with Crippen LogP contribution in [0.4, 0.5) is 5.69 Å². The number of phenols is 1. The molecule has 1 aromatic carbocycles. The van der Waals surface area contributed by atoms with E-state index in [1.54, 1.807) is 13.0 Å². The number of halogens is 1. The molecule has 1 aromatic rings. The van der Waals surface area contributed by atoms with E-state index in [1.165, 1.54) is 12.1 Å². The molecule has 1 atom stereocenters. The summed E-state index contributed by atoms with van der Waals surface area (Å²) in [5.74, 6) is -2.15. The molecule has 1 amide bonds. The van der Waals surface area contributed by atoms with Crippen molar-refractivity contribution in [2.45, 2.75) is 32.1 Å². The lowest BCUT2D eigenvalue weighted by atomic mass is 9.81. The van der Waals surface area contributed by atoms with Gasteiger partial charge in [-0.1, -0.05) is 13.0 Å². The summed E-state index contributed by atoms with van der Waals surface area (Å²) in [6.45, 7) is 1.63. The number of ketones is 2. The third kappa shape index (κ3) is 3.76. The van der Waals surface area contributed by atoms with Crippen LogP contribution in [-0.2, 0) is 14.4 Å². The number of phenolic OH excluding ortho intramolecular Hbond substituents is 1. The zero-order chi connectivity index (χ0) is 17.9. The van der Waals surface area contributed by atoms with Gasteiger partial charge in [-0.05, 0) is 23.6 Å². The number of Topliss-reactive ketones (excluding diaryl/α,β-unsaturated/α-hetero) is 2. The highest BCUT2D eigenvalue weighted by Gasteiger charge is 2.32. The van der Waals surface area contributed by atoms with Crippen LogP contribution < -0.4 is 5.32 Å². The van der Waals surface area contributed by atoms with Gasteiger partial charge in [0.1, 0.15) is 17.4 Å². The second-order valence-corrected chi connectivity index (χ2v) is 5.85. The summed E-state index contributed by atoms with van der Waals surface area (Å²) >= 11 is 5.43. The molecule has 0 bridgehead atoms. The van der Waals surface area contributed by atoms with Gasteiger partial charge in [0.25, 0.3) is 0 Å². The van der Waals surface area contributed by atoms with E-state index in [1.807, 2.05) is 0 Å². The van der Waals surface area contributed by atoms with Gasteiger partial charge in [-0.2, -0.15) is 0 Å². The lowest BCUT2D eigenvalue weighted by Crippen LogP contribution is -2.23. The number of alkyl halides is 1. The summed E-state index contributed by atoms with van der Waals surface area (Å²) in [6, 6.07) is 4.55. The third-order valence-electron chi connectivity index (χ3n) is 3.93. The van der Waals surface area contributed by atoms with Crippen LogP contribution in [0.15, 0.2) is 29.5 Å². The Labute approximate surface area is 144 Å². The molecule has 0 radical (unpaired) electrons. The Morgan fingerprint density at radius 2 is 2.00 bits per heavy atom. The second-order valence-electron chi connectivity index (χ2n) is 5.59. The molecule has 7 heteroatoms. The lowest BCUT2D eigenvalue weighted by molar-refractivity contribution is -0.122. The van der Waals surface area contributed by atoms with E-state index in [-0.39, 0.29) is 59.6 Å². The summed E-state index contributed by atoms with van der Waals surface area (Å²) in [5.41, 5.74) is 0.744. The van der Waals surface area contributed by atoms with E-state index in [4.69, 9.17) is 11.6 Å². The molecule has 0 saturated heterocycles. The number of allylic oxidation sites excluding steroid dienone is 2. The van der Waals surface area contributed by atoms with Crippen LogP contribution in [0.25, 0.3) is 0 Å². The quantitative estimate of drug-likeness (QED) is 0.430. The first-order chi connectivity index (χ1) is 11.4. The molecule has 0 spiro atoms. The summed E-state index contributed by atoms with van der Waals surface area (Å²) in [4.78, 5) is 35.3. The zero-order valence-corrected chi connectivity index (χ0v) is 13.9. The number of aromatic hydroxyl groups is 1. The fraction of sp³-hybridized carbons (Fsp3) is 0.353. The Balaban J connectivity index is 2.29. The average molecular weight is 352 g/mol. The van der Waals surface area contributed by atoms with Gasteiger partial charge in [-0.15, -0.1) is 11.6 Å². The third-order valence-corrected chi connectivity index (χ3v) is 4.17. The van der Waals surface area contributed by atoms with Gasteiger partial charge in [0.15, 0.2) is 11.6 Å². The van der Waals surface area contributed by atoms with Crippen LogP contribution in [-0.4, -0.2) is 33.6 Å². The summed E-state index contributed by atoms with van der Waals surface area (Å²) in [5, 5.41) is 22.3. The smallest absolute Gasteiger partial charge is 0.239 e. The van der Waals surface area contributed by atoms with Crippen LogP contribution in [0, 0.1) is 0 Å². The predicted molar refractivity (Wildman–Crippen MR) is 89.4 cm³/mol. The molecule has 0 aromatic heterocycles. The maximum Gasteiger partial charge on any atom is 0.239 e. The SMILES string of the molecule is CCC(=O)C1=C(O)CC(c2ccc(O)c(NC(=O)CCl)c2)CC1=O. The number of anilines is 1. The van der Waals surface area contributed by atoms with Crippen LogP contribution in [0.2, 0.25) is 0 Å². The van der Waals surface area contributed by atoms with E-state index in [2.05, 4.69) is 5.32 Å². The van der Waals surface area contributed by atoms with Crippen LogP contribution >= 0.6 is 11.6 Å². The number of aliphatic hydroxyl groups excluding tert-OH is 1. The van der Waals surface area contributed by atoms with Gasteiger partial charge in [-0.25, -0.2) is 0 Å². The van der Waals surface area contributed by atoms with Gasteiger partial charge in [0.05, 0.1) is 11.3 Å². The molecule has 1 unspecified atom stereocenters. The number of hydrogen-bond acceptors (Lipinski definition) is 5. The van der Waals surface area contributed by atoms with Crippen LogP contribution in [0.5, 0.6) is 5.75 Å². The zero-order valence-electron chi connectivity index (χ0n) is 13.1. The van der Waals surface area contributed by atoms with Crippen molar-refractivity contribution in [2.24, 2.45) is 0 Å². The highest BCUT2D eigenvalue weighted by atomic mass is 35.5. The minimum atomic E-state index is -0.470. The van der Waals surface area contributed by atoms with E-state index >= 15 is 0 Å². The van der Waals surface area contributed by atoms with E-state index < -0.39 is 11.7 Å². The van der Waals surface area contributed by atoms with Crippen LogP contribution in [0.3, 0.4) is 0 Å². The van der Waals surface area contributed by atoms with Crippen molar-refractivity contribution in [1.82, 2.24) is 0 Å². The Morgan fingerprint density at radius 1 is 1.29 bits per heavy atom. The van der Waals surface area contributed by atoms with Crippen molar-refractivity contribution >= 4 is 34.8 Å². The number of nitrogens with one attached hydrogen (secondary N) is 1. The number of aliphatic hydroxyl groups is 1. The summed E-state index contributed by atoms with van der Waals surface area (Å²) < 4.78 is 0. The van der Waals surface area contributed by atoms with E-state index in [0.717, 1.165) is 0 Å². The van der Waals surface area contributed by atoms with Crippen molar-refractivity contribution < 1.29 is 24.6 Å². The van der Waals surface area contributed by atoms with E-state index in [0.29, 0.717) is 5.56 Å². The van der Waals surface area contributed by atoms with Crippen LogP contribution in [0.1, 0.15) is 37.7 Å². The van der Waals surface area contributed by atoms with Crippen molar-refractivity contribution in [3.8, 4) is 5.75 Å². The Bertz CT molecular complexity index is 726. The van der Waals surface area contributed by atoms with Gasteiger partial charge in [0, 0.05) is 19.3 Å². The number of benzene rings is 1. The molecule has 0 heterocycles. The van der Waals surface area contributed by atoms with Gasteiger partial charge >= 0.3 is 0 Å². The molecule has 1 aliphatic rings. The predicted octanol–water partition coefficient (Wildman–Crippen LogP) is 2.81. The van der Waals surface area contributed by atoms with Crippen molar-refractivity contribution in [3.05, 3.63) is 35.1 Å². The number of rotatable bonds is 5. The standard InChI is InChI=1S/C17H18ClNO5/c1-2-12(20)17-14(22)6-10(7-15(17)23)9-3-4-13(21)11(5-9)19-16(24)8-18/h3-5,10,21-22H,2,6-8H2,1H3,(H,19,24). The fourth-order valence-electron chi connectivity index (χ4n) is 2.71. The van der Waals surface area contributed by atoms with Crippen molar-refractivity contribution in [3.63, 3.8) is 0 Å². The van der Waals surface area contributed by atoms with Crippen molar-refractivity contribution in [1.29, 1.82) is 0 Å². The number of carbonyl (C=O) groups is 3. The molecule has 1 aliphatic carbocycles. The fourth-order valence-corrected chi connectivity index (χ4v) is 2.78. The second kappa shape index (κ2) is 7.49. The normalized spacial score (nSPS) is 17.8. The molecule has 0 saturated carbocycles. The minimum Gasteiger partial charge on any atom is -0.511 e. The highest BCUT2D eigenvalue weighted by Crippen LogP contribution is 2.37. The Morgan fingerprint density at radius 3 is 2.58 bits per heavy atom. The molecule has 2 rings (SSSR count). The first-order valence-corrected chi connectivity index (χ1v) is 8.08. The van der Waals surface area contributed by atoms with Crippen molar-refractivity contribution in [2.75, 3.05) is 11.2 Å². The molecule has 6 nitrogen and oxygen atoms in total. The van der Waals surface area contributed by atoms with Gasteiger partial charge in [0.2, 0.25) is 5.91 Å². The molecule has 3 N–H and O–H groups in total. The summed E-state index contributed by atoms with van der Waals surface area (Å²) in [6.07, 6.45) is 0.392. The van der Waals surface area contributed by atoms with Gasteiger partial charge < -0.3 is 15.5 Å². The molecular formula is C17H18ClNO5. The van der Waals surface area contributed by atoms with E-state index in [9.17, 15) is 24.6 Å².